The molecule has 1 aliphatic heterocycles. The molecule has 3 aromatic rings. The van der Waals surface area contributed by atoms with Crippen LogP contribution in [-0.2, 0) is 9.53 Å². The van der Waals surface area contributed by atoms with E-state index < -0.39 is 24.3 Å². The van der Waals surface area contributed by atoms with Gasteiger partial charge in [0.2, 0.25) is 0 Å². The van der Waals surface area contributed by atoms with Gasteiger partial charge in [-0.3, -0.25) is 4.79 Å². The third-order valence-electron chi connectivity index (χ3n) is 6.43. The number of benzene rings is 3. The molecule has 1 aliphatic carbocycles. The number of nitrogens with zero attached hydrogens (tertiary/aromatic N) is 2. The smallest absolute Gasteiger partial charge is 0.338 e. The summed E-state index contributed by atoms with van der Waals surface area (Å²) in [4.78, 5) is 25.7. The van der Waals surface area contributed by atoms with Crippen LogP contribution in [0.25, 0.3) is 6.08 Å². The zero-order valence-corrected chi connectivity index (χ0v) is 19.1. The van der Waals surface area contributed by atoms with Crippen LogP contribution in [0.4, 0.5) is 4.39 Å². The molecule has 1 heterocycles. The van der Waals surface area contributed by atoms with Crippen molar-refractivity contribution in [2.75, 3.05) is 6.61 Å². The number of halogens is 1. The molecular weight excluding hydrogens is 443 g/mol. The molecule has 35 heavy (non-hydrogen) atoms. The lowest BCUT2D eigenvalue weighted by atomic mass is 9.77. The highest BCUT2D eigenvalue weighted by Gasteiger charge is 2.43. The average molecular weight is 469 g/mol. The Kier molecular flexibility index (Phi) is 6.53. The molecule has 5 nitrogen and oxygen atoms in total. The zero-order chi connectivity index (χ0) is 24.2. The van der Waals surface area contributed by atoms with Crippen molar-refractivity contribution in [1.29, 1.82) is 0 Å². The molecule has 3 aromatic carbocycles. The summed E-state index contributed by atoms with van der Waals surface area (Å²) >= 11 is 0. The number of allylic oxidation sites excluding steroid dienone is 1. The number of carbonyl (C=O) groups excluding carboxylic acids is 2. The van der Waals surface area contributed by atoms with Gasteiger partial charge in [-0.15, -0.1) is 0 Å². The monoisotopic (exact) mass is 468 g/mol. The van der Waals surface area contributed by atoms with Crippen molar-refractivity contribution in [2.45, 2.75) is 25.3 Å². The van der Waals surface area contributed by atoms with Crippen LogP contribution in [0, 0.1) is 11.7 Å². The van der Waals surface area contributed by atoms with E-state index in [0.717, 1.165) is 47.7 Å². The Morgan fingerprint density at radius 3 is 2.49 bits per heavy atom. The number of amides is 1. The molecule has 2 atom stereocenters. The first-order valence-corrected chi connectivity index (χ1v) is 11.7. The highest BCUT2D eigenvalue weighted by Crippen LogP contribution is 2.44. The fourth-order valence-corrected chi connectivity index (χ4v) is 4.83. The second kappa shape index (κ2) is 10.1. The third kappa shape index (κ3) is 4.92. The molecule has 0 radical (unpaired) electrons. The Balaban J connectivity index is 1.42. The quantitative estimate of drug-likeness (QED) is 0.444. The molecule has 0 spiro atoms. The second-order valence-electron chi connectivity index (χ2n) is 8.74. The van der Waals surface area contributed by atoms with Gasteiger partial charge in [0, 0.05) is 5.92 Å². The standard InChI is InChI=1S/C29H25FN2O3/c30-24-15-7-14-23(18-24)29(34)35-19-26(33)32-28(21-11-5-2-6-12-21)25-16-8-13-22(27(25)31-32)17-20-9-3-1-4-10-20/h1-7,9-12,14-15,17-18,25,28H,8,13,16,19H2. The van der Waals surface area contributed by atoms with E-state index >= 15 is 0 Å². The lowest BCUT2D eigenvalue weighted by Gasteiger charge is -2.29. The van der Waals surface area contributed by atoms with E-state index in [1.165, 1.54) is 23.2 Å². The SMILES string of the molecule is O=C(OCC(=O)N1N=C2C(=Cc3ccccc3)CCCC2C1c1ccccc1)c1cccc(F)c1. The fraction of sp³-hybridized carbons (Fsp3) is 0.207. The molecule has 6 heteroatoms. The Hall–Kier alpha value is -4.06. The molecule has 1 fully saturated rings. The number of rotatable bonds is 5. The Morgan fingerprint density at radius 1 is 1.00 bits per heavy atom. The van der Waals surface area contributed by atoms with Crippen molar-refractivity contribution < 1.29 is 18.7 Å². The first-order chi connectivity index (χ1) is 17.1. The molecule has 176 valence electrons. The van der Waals surface area contributed by atoms with Crippen molar-refractivity contribution in [3.63, 3.8) is 0 Å². The number of hydrogen-bond acceptors (Lipinski definition) is 4. The minimum Gasteiger partial charge on any atom is -0.452 e. The van der Waals surface area contributed by atoms with Crippen molar-refractivity contribution in [3.05, 3.63) is 113 Å². The van der Waals surface area contributed by atoms with Crippen LogP contribution < -0.4 is 0 Å². The molecule has 1 saturated carbocycles. The van der Waals surface area contributed by atoms with E-state index in [4.69, 9.17) is 9.84 Å². The topological polar surface area (TPSA) is 59.0 Å². The Labute approximate surface area is 203 Å². The van der Waals surface area contributed by atoms with Crippen LogP contribution in [0.1, 0.15) is 46.8 Å². The lowest BCUT2D eigenvalue weighted by molar-refractivity contribution is -0.137. The van der Waals surface area contributed by atoms with Gasteiger partial charge < -0.3 is 4.74 Å². The summed E-state index contributed by atoms with van der Waals surface area (Å²) in [5.74, 6) is -1.64. The minimum atomic E-state index is -0.747. The van der Waals surface area contributed by atoms with E-state index in [0.29, 0.717) is 0 Å². The first-order valence-electron chi connectivity index (χ1n) is 11.7. The Bertz CT molecular complexity index is 1290. The highest BCUT2D eigenvalue weighted by molar-refractivity contribution is 6.08. The number of ether oxygens (including phenoxy) is 1. The number of hydrazone groups is 1. The van der Waals surface area contributed by atoms with Gasteiger partial charge in [-0.1, -0.05) is 66.7 Å². The molecule has 2 unspecified atom stereocenters. The zero-order valence-electron chi connectivity index (χ0n) is 19.1. The van der Waals surface area contributed by atoms with E-state index in [1.807, 2.05) is 48.5 Å². The van der Waals surface area contributed by atoms with E-state index in [2.05, 4.69) is 18.2 Å². The van der Waals surface area contributed by atoms with Gasteiger partial charge in [0.25, 0.3) is 5.91 Å². The number of esters is 1. The van der Waals surface area contributed by atoms with Gasteiger partial charge in [0.05, 0.1) is 17.3 Å². The predicted octanol–water partition coefficient (Wildman–Crippen LogP) is 5.81. The maximum Gasteiger partial charge on any atom is 0.338 e. The van der Waals surface area contributed by atoms with Gasteiger partial charge >= 0.3 is 5.97 Å². The third-order valence-corrected chi connectivity index (χ3v) is 6.43. The number of fused-ring (bicyclic) bond motifs is 1. The number of carbonyl (C=O) groups is 2. The highest BCUT2D eigenvalue weighted by atomic mass is 19.1. The summed E-state index contributed by atoms with van der Waals surface area (Å²) < 4.78 is 18.7. The van der Waals surface area contributed by atoms with Crippen molar-refractivity contribution in [3.8, 4) is 0 Å². The molecule has 0 N–H and O–H groups in total. The van der Waals surface area contributed by atoms with Crippen LogP contribution in [0.5, 0.6) is 0 Å². The van der Waals surface area contributed by atoms with Gasteiger partial charge in [-0.05, 0) is 60.2 Å². The van der Waals surface area contributed by atoms with Crippen molar-refractivity contribution >= 4 is 23.7 Å². The van der Waals surface area contributed by atoms with Gasteiger partial charge in [0.1, 0.15) is 5.82 Å². The lowest BCUT2D eigenvalue weighted by Crippen LogP contribution is -2.34. The van der Waals surface area contributed by atoms with Gasteiger partial charge in [0.15, 0.2) is 6.61 Å². The second-order valence-corrected chi connectivity index (χ2v) is 8.74. The van der Waals surface area contributed by atoms with Gasteiger partial charge in [-0.2, -0.15) is 5.10 Å². The van der Waals surface area contributed by atoms with Gasteiger partial charge in [-0.25, -0.2) is 14.2 Å². The maximum absolute atomic E-state index is 13.5. The summed E-state index contributed by atoms with van der Waals surface area (Å²) in [6, 6.07) is 24.9. The maximum atomic E-state index is 13.5. The predicted molar refractivity (Wildman–Crippen MR) is 132 cm³/mol. The van der Waals surface area contributed by atoms with Crippen LogP contribution >= 0.6 is 0 Å². The molecular formula is C29H25FN2O3. The first kappa shape index (κ1) is 22.7. The summed E-state index contributed by atoms with van der Waals surface area (Å²) in [5, 5.41) is 6.26. The van der Waals surface area contributed by atoms with Crippen molar-refractivity contribution in [2.24, 2.45) is 11.0 Å². The van der Waals surface area contributed by atoms with E-state index in [-0.39, 0.29) is 17.5 Å². The number of hydrogen-bond donors (Lipinski definition) is 0. The largest absolute Gasteiger partial charge is 0.452 e. The molecule has 0 aromatic heterocycles. The molecule has 5 rings (SSSR count). The van der Waals surface area contributed by atoms with Crippen LogP contribution in [0.2, 0.25) is 0 Å². The van der Waals surface area contributed by atoms with E-state index in [9.17, 15) is 14.0 Å². The van der Waals surface area contributed by atoms with E-state index in [1.54, 1.807) is 0 Å². The summed E-state index contributed by atoms with van der Waals surface area (Å²) in [6.07, 6.45) is 4.95. The van der Waals surface area contributed by atoms with Crippen LogP contribution in [0.3, 0.4) is 0 Å². The molecule has 0 saturated heterocycles. The fourth-order valence-electron chi connectivity index (χ4n) is 4.83. The summed E-state index contributed by atoms with van der Waals surface area (Å²) in [7, 11) is 0. The minimum absolute atomic E-state index is 0.0592. The summed E-state index contributed by atoms with van der Waals surface area (Å²) in [5.41, 5.74) is 4.18. The van der Waals surface area contributed by atoms with Crippen LogP contribution in [-0.4, -0.2) is 29.2 Å². The van der Waals surface area contributed by atoms with Crippen LogP contribution in [0.15, 0.2) is 95.6 Å². The van der Waals surface area contributed by atoms with Crippen molar-refractivity contribution in [1.82, 2.24) is 5.01 Å². The summed E-state index contributed by atoms with van der Waals surface area (Å²) in [6.45, 7) is -0.472. The molecule has 2 aliphatic rings. The average Bonchev–Trinajstić information content (AvgIpc) is 3.29. The Morgan fingerprint density at radius 2 is 1.74 bits per heavy atom. The molecule has 0 bridgehead atoms. The molecule has 1 amide bonds. The normalized spacial score (nSPS) is 20.3.